The van der Waals surface area contributed by atoms with E-state index in [1.807, 2.05) is 0 Å². The molecule has 116 valence electrons. The summed E-state index contributed by atoms with van der Waals surface area (Å²) in [5.41, 5.74) is 5.49. The molecule has 1 unspecified atom stereocenters. The first-order chi connectivity index (χ1) is 10.3. The number of carbonyl (C=O) groups is 1. The van der Waals surface area contributed by atoms with Crippen molar-refractivity contribution in [2.75, 3.05) is 5.32 Å². The zero-order valence-electron chi connectivity index (χ0n) is 11.5. The zero-order valence-corrected chi connectivity index (χ0v) is 13.0. The maximum absolute atomic E-state index is 13.9. The molecule has 0 aliphatic heterocycles. The highest BCUT2D eigenvalue weighted by Gasteiger charge is 2.18. The third-order valence-electron chi connectivity index (χ3n) is 3.12. The van der Waals surface area contributed by atoms with Crippen LogP contribution in [0.15, 0.2) is 34.8 Å². The Kier molecular flexibility index (Phi) is 4.75. The normalized spacial score (nSPS) is 12.0. The predicted molar refractivity (Wildman–Crippen MR) is 81.0 cm³/mol. The van der Waals surface area contributed by atoms with Crippen LogP contribution < -0.4 is 11.1 Å². The number of nitrogens with one attached hydrogen (secondary N) is 1. The summed E-state index contributed by atoms with van der Waals surface area (Å²) < 4.78 is 40.5. The van der Waals surface area contributed by atoms with Gasteiger partial charge in [0.15, 0.2) is 11.6 Å². The molecule has 0 bridgehead atoms. The van der Waals surface area contributed by atoms with Gasteiger partial charge in [0.05, 0.1) is 11.3 Å². The quantitative estimate of drug-likeness (QED) is 0.847. The van der Waals surface area contributed by atoms with Crippen LogP contribution in [0.4, 0.5) is 18.9 Å². The lowest BCUT2D eigenvalue weighted by Crippen LogP contribution is -2.18. The average molecular weight is 373 g/mol. The molecular weight excluding hydrogens is 361 g/mol. The van der Waals surface area contributed by atoms with Crippen molar-refractivity contribution in [3.05, 3.63) is 63.4 Å². The highest BCUT2D eigenvalue weighted by atomic mass is 79.9. The van der Waals surface area contributed by atoms with E-state index >= 15 is 0 Å². The number of benzene rings is 2. The molecule has 1 amide bonds. The van der Waals surface area contributed by atoms with E-state index in [9.17, 15) is 18.0 Å². The minimum Gasteiger partial charge on any atom is -0.378 e. The molecule has 3 nitrogen and oxygen atoms in total. The first kappa shape index (κ1) is 16.4. The largest absolute Gasteiger partial charge is 0.378 e. The number of halogens is 4. The van der Waals surface area contributed by atoms with Crippen LogP contribution in [-0.4, -0.2) is 5.91 Å². The van der Waals surface area contributed by atoms with Gasteiger partial charge in [-0.3, -0.25) is 4.79 Å². The number of anilines is 1. The lowest BCUT2D eigenvalue weighted by molar-refractivity contribution is 0.0997. The Bertz CT molecular complexity index is 737. The van der Waals surface area contributed by atoms with Crippen LogP contribution in [0.5, 0.6) is 0 Å². The molecule has 0 aliphatic rings. The first-order valence-electron chi connectivity index (χ1n) is 6.30. The summed E-state index contributed by atoms with van der Waals surface area (Å²) in [6.07, 6.45) is 0. The molecule has 0 heterocycles. The smallest absolute Gasteiger partial charge is 0.253 e. The molecule has 22 heavy (non-hydrogen) atoms. The Morgan fingerprint density at radius 1 is 1.14 bits per heavy atom. The van der Waals surface area contributed by atoms with Crippen molar-refractivity contribution in [3.8, 4) is 0 Å². The van der Waals surface area contributed by atoms with Crippen molar-refractivity contribution < 1.29 is 18.0 Å². The van der Waals surface area contributed by atoms with Crippen LogP contribution in [0.25, 0.3) is 0 Å². The standard InChI is InChI=1S/C15H12BrF3N2O/c1-7(8-2-3-10(17)11(18)4-8)21-13-6-9(16)5-12(19)14(13)15(20)22/h2-7,21H,1H3,(H2,20,22). The highest BCUT2D eigenvalue weighted by Crippen LogP contribution is 2.28. The van der Waals surface area contributed by atoms with Gasteiger partial charge in [-0.1, -0.05) is 22.0 Å². The van der Waals surface area contributed by atoms with Crippen molar-refractivity contribution >= 4 is 27.5 Å². The third kappa shape index (κ3) is 3.41. The minimum absolute atomic E-state index is 0.164. The second-order valence-corrected chi connectivity index (χ2v) is 5.63. The van der Waals surface area contributed by atoms with Crippen LogP contribution in [0.2, 0.25) is 0 Å². The molecule has 0 spiro atoms. The zero-order chi connectivity index (χ0) is 16.4. The van der Waals surface area contributed by atoms with Crippen molar-refractivity contribution in [2.24, 2.45) is 5.73 Å². The van der Waals surface area contributed by atoms with Crippen molar-refractivity contribution in [2.45, 2.75) is 13.0 Å². The molecule has 0 fully saturated rings. The fourth-order valence-corrected chi connectivity index (χ4v) is 2.47. The molecule has 1 atom stereocenters. The molecule has 0 saturated heterocycles. The predicted octanol–water partition coefficient (Wildman–Crippen LogP) is 4.14. The summed E-state index contributed by atoms with van der Waals surface area (Å²) in [7, 11) is 0. The summed E-state index contributed by atoms with van der Waals surface area (Å²) in [5, 5.41) is 2.88. The van der Waals surface area contributed by atoms with Crippen LogP contribution in [0.3, 0.4) is 0 Å². The number of primary amides is 1. The van der Waals surface area contributed by atoms with Crippen LogP contribution in [0, 0.1) is 17.5 Å². The highest BCUT2D eigenvalue weighted by molar-refractivity contribution is 9.10. The number of nitrogens with two attached hydrogens (primary N) is 1. The van der Waals surface area contributed by atoms with E-state index in [0.29, 0.717) is 10.0 Å². The monoisotopic (exact) mass is 372 g/mol. The van der Waals surface area contributed by atoms with Gasteiger partial charge in [0, 0.05) is 10.5 Å². The lowest BCUT2D eigenvalue weighted by Gasteiger charge is -2.18. The molecule has 2 aromatic rings. The molecule has 2 aromatic carbocycles. The summed E-state index contributed by atoms with van der Waals surface area (Å²) in [4.78, 5) is 11.4. The Hall–Kier alpha value is -2.02. The van der Waals surface area contributed by atoms with E-state index in [2.05, 4.69) is 21.2 Å². The van der Waals surface area contributed by atoms with E-state index in [4.69, 9.17) is 5.73 Å². The Morgan fingerprint density at radius 3 is 2.41 bits per heavy atom. The first-order valence-corrected chi connectivity index (χ1v) is 7.09. The van der Waals surface area contributed by atoms with Gasteiger partial charge in [0.2, 0.25) is 0 Å². The molecule has 7 heteroatoms. The molecule has 0 radical (unpaired) electrons. The van der Waals surface area contributed by atoms with Crippen LogP contribution >= 0.6 is 15.9 Å². The Morgan fingerprint density at radius 2 is 1.82 bits per heavy atom. The van der Waals surface area contributed by atoms with Gasteiger partial charge in [0.25, 0.3) is 5.91 Å². The fraction of sp³-hybridized carbons (Fsp3) is 0.133. The van der Waals surface area contributed by atoms with E-state index in [1.54, 1.807) is 6.92 Å². The van der Waals surface area contributed by atoms with Gasteiger partial charge in [0.1, 0.15) is 5.82 Å². The topological polar surface area (TPSA) is 55.1 Å². The van der Waals surface area contributed by atoms with Crippen molar-refractivity contribution in [3.63, 3.8) is 0 Å². The Labute approximate surface area is 133 Å². The van der Waals surface area contributed by atoms with E-state index in [0.717, 1.165) is 18.2 Å². The number of rotatable bonds is 4. The number of amides is 1. The maximum atomic E-state index is 13.9. The van der Waals surface area contributed by atoms with Crippen LogP contribution in [-0.2, 0) is 0 Å². The molecule has 0 aliphatic carbocycles. The average Bonchev–Trinajstić information content (AvgIpc) is 2.40. The third-order valence-corrected chi connectivity index (χ3v) is 3.57. The summed E-state index contributed by atoms with van der Waals surface area (Å²) in [6, 6.07) is 5.54. The minimum atomic E-state index is -0.985. The van der Waals surface area contributed by atoms with Gasteiger partial charge in [-0.05, 0) is 36.8 Å². The number of carbonyl (C=O) groups excluding carboxylic acids is 1. The fourth-order valence-electron chi connectivity index (χ4n) is 2.04. The van der Waals surface area contributed by atoms with E-state index < -0.39 is 29.4 Å². The second kappa shape index (κ2) is 6.39. The van der Waals surface area contributed by atoms with Gasteiger partial charge >= 0.3 is 0 Å². The molecule has 0 aromatic heterocycles. The molecule has 2 rings (SSSR count). The molecular formula is C15H12BrF3N2O. The SMILES string of the molecule is CC(Nc1cc(Br)cc(F)c1C(N)=O)c1ccc(F)c(F)c1. The van der Waals surface area contributed by atoms with Gasteiger partial charge in [-0.15, -0.1) is 0 Å². The van der Waals surface area contributed by atoms with Crippen LogP contribution in [0.1, 0.15) is 28.9 Å². The summed E-state index contributed by atoms with van der Waals surface area (Å²) >= 11 is 3.12. The second-order valence-electron chi connectivity index (χ2n) is 4.71. The summed E-state index contributed by atoms with van der Waals surface area (Å²) in [5.74, 6) is -3.64. The van der Waals surface area contributed by atoms with Crippen molar-refractivity contribution in [1.29, 1.82) is 0 Å². The Balaban J connectivity index is 2.37. The van der Waals surface area contributed by atoms with Gasteiger partial charge in [-0.2, -0.15) is 0 Å². The van der Waals surface area contributed by atoms with Crippen molar-refractivity contribution in [1.82, 2.24) is 0 Å². The number of hydrogen-bond donors (Lipinski definition) is 2. The van der Waals surface area contributed by atoms with E-state index in [-0.39, 0.29) is 11.3 Å². The summed E-state index contributed by atoms with van der Waals surface area (Å²) in [6.45, 7) is 1.66. The van der Waals surface area contributed by atoms with Gasteiger partial charge in [-0.25, -0.2) is 13.2 Å². The molecule has 0 saturated carbocycles. The maximum Gasteiger partial charge on any atom is 0.253 e. The lowest BCUT2D eigenvalue weighted by atomic mass is 10.1. The number of hydrogen-bond acceptors (Lipinski definition) is 2. The van der Waals surface area contributed by atoms with E-state index in [1.165, 1.54) is 12.1 Å². The molecule has 3 N–H and O–H groups in total. The van der Waals surface area contributed by atoms with Gasteiger partial charge < -0.3 is 11.1 Å².